The van der Waals surface area contributed by atoms with Crippen LogP contribution in [0.3, 0.4) is 0 Å². The Labute approximate surface area is 141 Å². The number of likely N-dealkylation sites (tertiary alicyclic amines) is 1. The largest absolute Gasteiger partial charge is 0.337 e. The van der Waals surface area contributed by atoms with E-state index in [2.05, 4.69) is 17.1 Å². The highest BCUT2D eigenvalue weighted by Crippen LogP contribution is 2.41. The van der Waals surface area contributed by atoms with Crippen LogP contribution in [0.25, 0.3) is 0 Å². The minimum Gasteiger partial charge on any atom is -0.337 e. The summed E-state index contributed by atoms with van der Waals surface area (Å²) >= 11 is 0. The maximum atomic E-state index is 12.9. The number of nitrogens with one attached hydrogen (secondary N) is 1. The van der Waals surface area contributed by atoms with Gasteiger partial charge in [-0.1, -0.05) is 12.8 Å². The molecule has 4 aliphatic rings. The van der Waals surface area contributed by atoms with E-state index < -0.39 is 0 Å². The summed E-state index contributed by atoms with van der Waals surface area (Å²) in [6.07, 6.45) is 12.5. The molecule has 0 aromatic heterocycles. The van der Waals surface area contributed by atoms with Crippen LogP contribution in [0, 0.1) is 11.8 Å². The number of halogens is 1. The molecule has 3 heterocycles. The highest BCUT2D eigenvalue weighted by atomic mass is 35.5. The van der Waals surface area contributed by atoms with Crippen LogP contribution in [0.4, 0.5) is 0 Å². The van der Waals surface area contributed by atoms with Gasteiger partial charge in [-0.3, -0.25) is 4.79 Å². The van der Waals surface area contributed by atoms with Crippen molar-refractivity contribution in [2.75, 3.05) is 0 Å². The summed E-state index contributed by atoms with van der Waals surface area (Å²) in [4.78, 5) is 15.2. The second-order valence-electron chi connectivity index (χ2n) is 8.18. The van der Waals surface area contributed by atoms with E-state index in [1.807, 2.05) is 0 Å². The van der Waals surface area contributed by atoms with E-state index in [0.29, 0.717) is 36.0 Å². The van der Waals surface area contributed by atoms with Gasteiger partial charge >= 0.3 is 0 Å². The van der Waals surface area contributed by atoms with Crippen molar-refractivity contribution in [1.29, 1.82) is 0 Å². The van der Waals surface area contributed by atoms with Crippen molar-refractivity contribution in [2.45, 2.75) is 95.3 Å². The molecule has 1 saturated carbocycles. The zero-order valence-electron chi connectivity index (χ0n) is 13.8. The Morgan fingerprint density at radius 1 is 1.05 bits per heavy atom. The number of carbonyl (C=O) groups is 1. The minimum atomic E-state index is 0. The molecule has 1 aliphatic carbocycles. The first-order valence-corrected chi connectivity index (χ1v) is 9.28. The van der Waals surface area contributed by atoms with E-state index >= 15 is 0 Å². The lowest BCUT2D eigenvalue weighted by atomic mass is 9.84. The molecule has 3 aliphatic heterocycles. The van der Waals surface area contributed by atoms with E-state index in [9.17, 15) is 4.79 Å². The lowest BCUT2D eigenvalue weighted by Crippen LogP contribution is -2.45. The molecule has 1 amide bonds. The van der Waals surface area contributed by atoms with Gasteiger partial charge in [0.05, 0.1) is 0 Å². The molecule has 3 saturated heterocycles. The molecule has 0 radical (unpaired) electrons. The van der Waals surface area contributed by atoms with Crippen molar-refractivity contribution in [1.82, 2.24) is 10.2 Å². The van der Waals surface area contributed by atoms with Crippen molar-refractivity contribution in [3.05, 3.63) is 0 Å². The fourth-order valence-electron chi connectivity index (χ4n) is 5.83. The summed E-state index contributed by atoms with van der Waals surface area (Å²) < 4.78 is 0. The molecule has 5 unspecified atom stereocenters. The van der Waals surface area contributed by atoms with Crippen molar-refractivity contribution < 1.29 is 4.79 Å². The predicted octanol–water partition coefficient (Wildman–Crippen LogP) is 3.51. The average Bonchev–Trinajstić information content (AvgIpc) is 2.97. The Bertz CT molecular complexity index is 404. The lowest BCUT2D eigenvalue weighted by Gasteiger charge is -2.35. The van der Waals surface area contributed by atoms with Gasteiger partial charge in [0.2, 0.25) is 5.91 Å². The predicted molar refractivity (Wildman–Crippen MR) is 91.2 cm³/mol. The van der Waals surface area contributed by atoms with E-state index in [-0.39, 0.29) is 12.4 Å². The average molecular weight is 327 g/mol. The van der Waals surface area contributed by atoms with E-state index in [4.69, 9.17) is 0 Å². The number of amides is 1. The quantitative estimate of drug-likeness (QED) is 0.842. The van der Waals surface area contributed by atoms with Crippen molar-refractivity contribution >= 4 is 18.3 Å². The maximum absolute atomic E-state index is 12.9. The molecule has 4 fully saturated rings. The van der Waals surface area contributed by atoms with Crippen LogP contribution in [0.1, 0.15) is 71.1 Å². The standard InChI is InChI=1S/C18H30N2O.ClH/c1-12-8-14-4-2-3-5-17(14)20(12)18(21)11-13-9-15-6-7-16(10-13)19-15;/h12-17,19H,2-11H2,1H3;1H. The van der Waals surface area contributed by atoms with E-state index in [1.54, 1.807) is 0 Å². The summed E-state index contributed by atoms with van der Waals surface area (Å²) in [5, 5.41) is 3.69. The number of carbonyl (C=O) groups excluding carboxylic acids is 1. The number of piperidine rings is 1. The molecule has 0 aromatic carbocycles. The Kier molecular flexibility index (Phi) is 5.04. The van der Waals surface area contributed by atoms with Gasteiger partial charge < -0.3 is 10.2 Å². The summed E-state index contributed by atoms with van der Waals surface area (Å²) in [7, 11) is 0. The smallest absolute Gasteiger partial charge is 0.223 e. The molecule has 4 heteroatoms. The molecule has 2 bridgehead atoms. The maximum Gasteiger partial charge on any atom is 0.223 e. The summed E-state index contributed by atoms with van der Waals surface area (Å²) in [6.45, 7) is 2.28. The third-order valence-corrected chi connectivity index (χ3v) is 6.67. The molecule has 0 aromatic rings. The lowest BCUT2D eigenvalue weighted by molar-refractivity contribution is -0.135. The highest BCUT2D eigenvalue weighted by Gasteiger charge is 2.43. The molecule has 5 atom stereocenters. The second kappa shape index (κ2) is 6.68. The molecular weight excluding hydrogens is 296 g/mol. The molecular formula is C18H31ClN2O. The van der Waals surface area contributed by atoms with Gasteiger partial charge in [0.25, 0.3) is 0 Å². The zero-order valence-corrected chi connectivity index (χ0v) is 14.6. The van der Waals surface area contributed by atoms with Gasteiger partial charge in [-0.25, -0.2) is 0 Å². The van der Waals surface area contributed by atoms with Crippen LogP contribution in [0.15, 0.2) is 0 Å². The van der Waals surface area contributed by atoms with Crippen molar-refractivity contribution in [3.8, 4) is 0 Å². The third-order valence-electron chi connectivity index (χ3n) is 6.67. The van der Waals surface area contributed by atoms with Crippen LogP contribution in [0.2, 0.25) is 0 Å². The molecule has 4 rings (SSSR count). The fraction of sp³-hybridized carbons (Fsp3) is 0.944. The number of rotatable bonds is 2. The Balaban J connectivity index is 0.00000144. The van der Waals surface area contributed by atoms with Crippen molar-refractivity contribution in [2.24, 2.45) is 11.8 Å². The monoisotopic (exact) mass is 326 g/mol. The van der Waals surface area contributed by atoms with Gasteiger partial charge in [-0.2, -0.15) is 0 Å². The number of fused-ring (bicyclic) bond motifs is 3. The first-order valence-electron chi connectivity index (χ1n) is 9.28. The molecule has 1 N–H and O–H groups in total. The summed E-state index contributed by atoms with van der Waals surface area (Å²) in [5.74, 6) is 1.93. The van der Waals surface area contributed by atoms with Gasteiger partial charge in [-0.05, 0) is 63.7 Å². The van der Waals surface area contributed by atoms with Crippen LogP contribution >= 0.6 is 12.4 Å². The van der Waals surface area contributed by atoms with E-state index in [1.165, 1.54) is 57.8 Å². The minimum absolute atomic E-state index is 0. The number of nitrogens with zero attached hydrogens (tertiary/aromatic N) is 1. The van der Waals surface area contributed by atoms with Gasteiger partial charge in [0, 0.05) is 30.6 Å². The Hall–Kier alpha value is -0.280. The Morgan fingerprint density at radius 3 is 2.45 bits per heavy atom. The van der Waals surface area contributed by atoms with Gasteiger partial charge in [0.15, 0.2) is 0 Å². The SMILES string of the molecule is CC1CC2CCCCC2N1C(=O)CC1CC2CCC(C1)N2.Cl. The third kappa shape index (κ3) is 3.03. The first kappa shape index (κ1) is 16.6. The number of hydrogen-bond acceptors (Lipinski definition) is 2. The van der Waals surface area contributed by atoms with Crippen LogP contribution in [-0.4, -0.2) is 35.0 Å². The van der Waals surface area contributed by atoms with Gasteiger partial charge in [-0.15, -0.1) is 12.4 Å². The summed E-state index contributed by atoms with van der Waals surface area (Å²) in [5.41, 5.74) is 0. The summed E-state index contributed by atoms with van der Waals surface area (Å²) in [6, 6.07) is 2.49. The fourth-order valence-corrected chi connectivity index (χ4v) is 5.83. The first-order chi connectivity index (χ1) is 10.2. The molecule has 126 valence electrons. The van der Waals surface area contributed by atoms with Crippen LogP contribution in [-0.2, 0) is 4.79 Å². The zero-order chi connectivity index (χ0) is 14.4. The topological polar surface area (TPSA) is 32.3 Å². The second-order valence-corrected chi connectivity index (χ2v) is 8.18. The van der Waals surface area contributed by atoms with E-state index in [0.717, 1.165) is 12.3 Å². The van der Waals surface area contributed by atoms with Crippen LogP contribution < -0.4 is 5.32 Å². The van der Waals surface area contributed by atoms with Crippen molar-refractivity contribution in [3.63, 3.8) is 0 Å². The molecule has 0 spiro atoms. The van der Waals surface area contributed by atoms with Gasteiger partial charge in [0.1, 0.15) is 0 Å². The molecule has 3 nitrogen and oxygen atoms in total. The highest BCUT2D eigenvalue weighted by molar-refractivity contribution is 5.85. The number of hydrogen-bond donors (Lipinski definition) is 1. The molecule has 22 heavy (non-hydrogen) atoms. The Morgan fingerprint density at radius 2 is 1.73 bits per heavy atom. The normalized spacial score (nSPS) is 43.6. The van der Waals surface area contributed by atoms with Crippen LogP contribution in [0.5, 0.6) is 0 Å².